The molecular weight excluding hydrogens is 334 g/mol. The third kappa shape index (κ3) is 2.97. The van der Waals surface area contributed by atoms with Crippen molar-refractivity contribution in [2.45, 2.75) is 25.2 Å². The predicted molar refractivity (Wildman–Crippen MR) is 98.5 cm³/mol. The molecule has 8 heteroatoms. The van der Waals surface area contributed by atoms with Gasteiger partial charge in [0.05, 0.1) is 35.3 Å². The van der Waals surface area contributed by atoms with Gasteiger partial charge in [-0.15, -0.1) is 0 Å². The van der Waals surface area contributed by atoms with Gasteiger partial charge in [-0.2, -0.15) is 5.10 Å². The molecule has 0 aliphatic carbocycles. The highest BCUT2D eigenvalue weighted by Crippen LogP contribution is 2.30. The predicted octanol–water partition coefficient (Wildman–Crippen LogP) is 0.964. The number of aliphatic hydroxyl groups is 1. The first-order valence-corrected chi connectivity index (χ1v) is 8.83. The maximum Gasteiger partial charge on any atom is 0.251 e. The lowest BCUT2D eigenvalue weighted by atomic mass is 9.94. The van der Waals surface area contributed by atoms with Crippen LogP contribution < -0.4 is 16.2 Å². The minimum atomic E-state index is -0.281. The van der Waals surface area contributed by atoms with E-state index in [1.165, 1.54) is 0 Å². The monoisotopic (exact) mass is 355 g/mol. The van der Waals surface area contributed by atoms with Gasteiger partial charge in [0, 0.05) is 12.0 Å². The zero-order valence-corrected chi connectivity index (χ0v) is 14.3. The molecule has 4 rings (SSSR count). The minimum absolute atomic E-state index is 0.0203. The Morgan fingerprint density at radius 1 is 1.35 bits per heavy atom. The summed E-state index contributed by atoms with van der Waals surface area (Å²) in [5.74, 6) is -0.0148. The van der Waals surface area contributed by atoms with Gasteiger partial charge in [0.15, 0.2) is 0 Å². The summed E-state index contributed by atoms with van der Waals surface area (Å²) in [5.41, 5.74) is 2.58. The van der Waals surface area contributed by atoms with Gasteiger partial charge in [0.1, 0.15) is 5.65 Å². The zero-order chi connectivity index (χ0) is 18.1. The van der Waals surface area contributed by atoms with Crippen molar-refractivity contribution in [1.29, 1.82) is 0 Å². The minimum Gasteiger partial charge on any atom is -0.396 e. The van der Waals surface area contributed by atoms with Gasteiger partial charge in [0.2, 0.25) is 5.91 Å². The fourth-order valence-electron chi connectivity index (χ4n) is 3.61. The maximum atomic E-state index is 12.3. The van der Waals surface area contributed by atoms with E-state index in [1.54, 1.807) is 16.6 Å². The van der Waals surface area contributed by atoms with Crippen molar-refractivity contribution in [2.24, 2.45) is 0 Å². The molecule has 4 N–H and O–H groups in total. The van der Waals surface area contributed by atoms with E-state index in [9.17, 15) is 9.59 Å². The number of anilines is 1. The molecule has 0 unspecified atom stereocenters. The molecule has 8 nitrogen and oxygen atoms in total. The summed E-state index contributed by atoms with van der Waals surface area (Å²) in [6.07, 6.45) is 1.93. The van der Waals surface area contributed by atoms with Crippen molar-refractivity contribution in [3.63, 3.8) is 0 Å². The Morgan fingerprint density at radius 3 is 2.92 bits per heavy atom. The smallest absolute Gasteiger partial charge is 0.251 e. The summed E-state index contributed by atoms with van der Waals surface area (Å²) in [4.78, 5) is 27.1. The third-order valence-electron chi connectivity index (χ3n) is 4.83. The number of nitrogens with one attached hydrogen (secondary N) is 3. The van der Waals surface area contributed by atoms with Gasteiger partial charge < -0.3 is 20.7 Å². The number of aromatic nitrogens is 3. The number of hydrogen-bond donors (Lipinski definition) is 4. The van der Waals surface area contributed by atoms with Gasteiger partial charge in [-0.25, -0.2) is 4.52 Å². The van der Waals surface area contributed by atoms with Crippen LogP contribution in [0.25, 0.3) is 16.6 Å². The van der Waals surface area contributed by atoms with Gasteiger partial charge in [-0.3, -0.25) is 9.59 Å². The highest BCUT2D eigenvalue weighted by atomic mass is 16.3. The molecule has 1 amide bonds. The molecule has 1 aliphatic rings. The molecule has 0 saturated carbocycles. The lowest BCUT2D eigenvalue weighted by Gasteiger charge is -2.23. The Morgan fingerprint density at radius 2 is 2.15 bits per heavy atom. The summed E-state index contributed by atoms with van der Waals surface area (Å²) in [5, 5.41) is 20.4. The lowest BCUT2D eigenvalue weighted by Crippen LogP contribution is -2.28. The van der Waals surface area contributed by atoms with Crippen LogP contribution in [-0.4, -0.2) is 45.3 Å². The Kier molecular flexibility index (Phi) is 4.44. The standard InChI is InChI=1S/C18H21N5O3/c24-9-6-15(25)20-12-2-1-3-13-17(12)18-21-16(26)10-14(23(18)22-13)11-4-7-19-8-5-11/h1-3,10-11,19,24H,4-9H2,(H,20,25)(H,21,26). The van der Waals surface area contributed by atoms with Crippen LogP contribution in [0, 0.1) is 0 Å². The number of fused-ring (bicyclic) bond motifs is 3. The van der Waals surface area contributed by atoms with Crippen LogP contribution in [0.15, 0.2) is 29.1 Å². The van der Waals surface area contributed by atoms with E-state index >= 15 is 0 Å². The molecule has 2 aromatic heterocycles. The number of carbonyl (C=O) groups excluding carboxylic acids is 1. The SMILES string of the molecule is O=C(CCO)Nc1cccc2nn3c(C4CCNCC4)cc(=O)[nH]c3c12. The van der Waals surface area contributed by atoms with Crippen molar-refractivity contribution >= 4 is 28.1 Å². The Hall–Kier alpha value is -2.71. The second-order valence-corrected chi connectivity index (χ2v) is 6.56. The van der Waals surface area contributed by atoms with Crippen LogP contribution in [0.1, 0.15) is 30.9 Å². The second-order valence-electron chi connectivity index (χ2n) is 6.56. The fraction of sp³-hybridized carbons (Fsp3) is 0.389. The number of nitrogens with zero attached hydrogens (tertiary/aromatic N) is 2. The van der Waals surface area contributed by atoms with E-state index in [2.05, 4.69) is 20.7 Å². The number of aromatic amines is 1. The summed E-state index contributed by atoms with van der Waals surface area (Å²) < 4.78 is 1.80. The molecule has 26 heavy (non-hydrogen) atoms. The number of piperidine rings is 1. The summed E-state index contributed by atoms with van der Waals surface area (Å²) in [7, 11) is 0. The number of H-pyrrole nitrogens is 1. The quantitative estimate of drug-likeness (QED) is 0.557. The number of aliphatic hydroxyl groups excluding tert-OH is 1. The van der Waals surface area contributed by atoms with Crippen LogP contribution in [-0.2, 0) is 4.79 Å². The average Bonchev–Trinajstić information content (AvgIpc) is 3.01. The Balaban J connectivity index is 1.89. The van der Waals surface area contributed by atoms with Crippen LogP contribution in [0.2, 0.25) is 0 Å². The molecule has 0 radical (unpaired) electrons. The number of rotatable bonds is 4. The Bertz CT molecular complexity index is 1020. The van der Waals surface area contributed by atoms with Crippen LogP contribution >= 0.6 is 0 Å². The number of carbonyl (C=O) groups is 1. The normalized spacial score (nSPS) is 15.6. The summed E-state index contributed by atoms with van der Waals surface area (Å²) in [6, 6.07) is 7.06. The molecule has 1 saturated heterocycles. The van der Waals surface area contributed by atoms with Crippen molar-refractivity contribution in [1.82, 2.24) is 19.9 Å². The molecule has 0 spiro atoms. The number of amides is 1. The highest BCUT2D eigenvalue weighted by Gasteiger charge is 2.21. The van der Waals surface area contributed by atoms with E-state index in [0.29, 0.717) is 22.2 Å². The maximum absolute atomic E-state index is 12.3. The van der Waals surface area contributed by atoms with Crippen molar-refractivity contribution < 1.29 is 9.90 Å². The second kappa shape index (κ2) is 6.89. The largest absolute Gasteiger partial charge is 0.396 e. The first-order chi connectivity index (χ1) is 12.7. The van der Waals surface area contributed by atoms with E-state index in [-0.39, 0.29) is 30.4 Å². The van der Waals surface area contributed by atoms with Crippen LogP contribution in [0.5, 0.6) is 0 Å². The van der Waals surface area contributed by atoms with Crippen molar-refractivity contribution in [2.75, 3.05) is 25.0 Å². The van der Waals surface area contributed by atoms with E-state index in [1.807, 2.05) is 12.1 Å². The molecular formula is C18H21N5O3. The van der Waals surface area contributed by atoms with Crippen molar-refractivity contribution in [3.8, 4) is 0 Å². The molecule has 0 bridgehead atoms. The topological polar surface area (TPSA) is 112 Å². The average molecular weight is 355 g/mol. The van der Waals surface area contributed by atoms with E-state index in [0.717, 1.165) is 31.6 Å². The number of benzene rings is 1. The molecule has 1 fully saturated rings. The van der Waals surface area contributed by atoms with Crippen molar-refractivity contribution in [3.05, 3.63) is 40.3 Å². The molecule has 0 atom stereocenters. The molecule has 1 aromatic carbocycles. The fourth-order valence-corrected chi connectivity index (χ4v) is 3.61. The summed E-state index contributed by atoms with van der Waals surface area (Å²) in [6.45, 7) is 1.62. The zero-order valence-electron chi connectivity index (χ0n) is 14.3. The third-order valence-corrected chi connectivity index (χ3v) is 4.83. The summed E-state index contributed by atoms with van der Waals surface area (Å²) >= 11 is 0. The van der Waals surface area contributed by atoms with E-state index < -0.39 is 0 Å². The van der Waals surface area contributed by atoms with Crippen LogP contribution in [0.3, 0.4) is 0 Å². The van der Waals surface area contributed by atoms with Gasteiger partial charge in [-0.05, 0) is 38.1 Å². The lowest BCUT2D eigenvalue weighted by molar-refractivity contribution is -0.116. The first kappa shape index (κ1) is 16.7. The molecule has 1 aliphatic heterocycles. The van der Waals surface area contributed by atoms with Gasteiger partial charge in [0.25, 0.3) is 5.56 Å². The highest BCUT2D eigenvalue weighted by molar-refractivity contribution is 6.07. The van der Waals surface area contributed by atoms with Crippen LogP contribution in [0.4, 0.5) is 5.69 Å². The van der Waals surface area contributed by atoms with Gasteiger partial charge >= 0.3 is 0 Å². The molecule has 3 aromatic rings. The van der Waals surface area contributed by atoms with Gasteiger partial charge in [-0.1, -0.05) is 6.07 Å². The molecule has 136 valence electrons. The van der Waals surface area contributed by atoms with E-state index in [4.69, 9.17) is 5.11 Å². The Labute approximate surface area is 149 Å². The molecule has 3 heterocycles. The first-order valence-electron chi connectivity index (χ1n) is 8.83. The number of hydrogen-bond acceptors (Lipinski definition) is 5.